The molecule has 118 valence electrons. The first kappa shape index (κ1) is 17.2. The molecular weight excluding hydrogens is 348 g/mol. The Bertz CT molecular complexity index is 743. The van der Waals surface area contributed by atoms with Crippen LogP contribution in [-0.2, 0) is 22.3 Å². The van der Waals surface area contributed by atoms with E-state index in [2.05, 4.69) is 0 Å². The smallest absolute Gasteiger partial charge is 0.212 e. The van der Waals surface area contributed by atoms with Gasteiger partial charge in [-0.1, -0.05) is 41.4 Å². The van der Waals surface area contributed by atoms with E-state index in [1.165, 1.54) is 29.6 Å². The summed E-state index contributed by atoms with van der Waals surface area (Å²) in [5.41, 5.74) is 0.766. The number of hydrogen-bond acceptors (Lipinski definition) is 2. The van der Waals surface area contributed by atoms with Gasteiger partial charge < -0.3 is 0 Å². The van der Waals surface area contributed by atoms with Crippen LogP contribution in [0, 0.1) is 5.82 Å². The van der Waals surface area contributed by atoms with Crippen LogP contribution in [0.25, 0.3) is 0 Å². The first-order chi connectivity index (χ1) is 10.3. The lowest BCUT2D eigenvalue weighted by molar-refractivity contribution is 0.464. The molecule has 0 radical (unpaired) electrons. The molecule has 0 saturated carbocycles. The summed E-state index contributed by atoms with van der Waals surface area (Å²) in [6.45, 7) is 0.172. The summed E-state index contributed by atoms with van der Waals surface area (Å²) in [4.78, 5) is 0. The normalized spacial score (nSPS) is 11.9. The molecule has 3 nitrogen and oxygen atoms in total. The van der Waals surface area contributed by atoms with E-state index in [-0.39, 0.29) is 17.1 Å². The average Bonchev–Trinajstić information content (AvgIpc) is 2.45. The van der Waals surface area contributed by atoms with Crippen LogP contribution in [0.15, 0.2) is 42.5 Å². The van der Waals surface area contributed by atoms with Crippen LogP contribution in [0.2, 0.25) is 10.0 Å². The third-order valence-corrected chi connectivity index (χ3v) is 5.52. The van der Waals surface area contributed by atoms with Crippen LogP contribution < -0.4 is 0 Å². The van der Waals surface area contributed by atoms with Crippen molar-refractivity contribution < 1.29 is 12.8 Å². The molecule has 0 unspecified atom stereocenters. The van der Waals surface area contributed by atoms with Gasteiger partial charge in [-0.3, -0.25) is 0 Å². The summed E-state index contributed by atoms with van der Waals surface area (Å²) in [6, 6.07) is 10.9. The molecule has 0 aliphatic rings. The summed E-state index contributed by atoms with van der Waals surface area (Å²) >= 11 is 11.7. The van der Waals surface area contributed by atoms with Crippen LogP contribution >= 0.6 is 23.2 Å². The van der Waals surface area contributed by atoms with Gasteiger partial charge in [-0.2, -0.15) is 0 Å². The monoisotopic (exact) mass is 361 g/mol. The lowest BCUT2D eigenvalue weighted by Crippen LogP contribution is -2.28. The molecule has 0 spiro atoms. The predicted molar refractivity (Wildman–Crippen MR) is 87.0 cm³/mol. The highest BCUT2D eigenvalue weighted by Gasteiger charge is 2.22. The molecule has 22 heavy (non-hydrogen) atoms. The van der Waals surface area contributed by atoms with Gasteiger partial charge >= 0.3 is 0 Å². The molecule has 2 aromatic carbocycles. The van der Waals surface area contributed by atoms with Crippen LogP contribution in [0.3, 0.4) is 0 Å². The van der Waals surface area contributed by atoms with Crippen molar-refractivity contribution >= 4 is 33.2 Å². The minimum atomic E-state index is -3.69. The Labute approximate surface area is 139 Å². The quantitative estimate of drug-likeness (QED) is 0.803. The summed E-state index contributed by atoms with van der Waals surface area (Å²) < 4.78 is 39.6. The number of sulfonamides is 1. The van der Waals surface area contributed by atoms with Crippen molar-refractivity contribution in [2.45, 2.75) is 12.3 Å². The molecule has 0 aromatic heterocycles. The maximum Gasteiger partial charge on any atom is 0.218 e. The van der Waals surface area contributed by atoms with E-state index in [0.29, 0.717) is 5.02 Å². The van der Waals surface area contributed by atoms with E-state index >= 15 is 0 Å². The lowest BCUT2D eigenvalue weighted by Gasteiger charge is -2.18. The highest BCUT2D eigenvalue weighted by molar-refractivity contribution is 7.88. The van der Waals surface area contributed by atoms with Gasteiger partial charge in [0.05, 0.1) is 5.75 Å². The largest absolute Gasteiger partial charge is 0.218 e. The Kier molecular flexibility index (Phi) is 5.45. The van der Waals surface area contributed by atoms with Gasteiger partial charge in [0.1, 0.15) is 5.82 Å². The standard InChI is InChI=1S/C15H14Cl2FNO2S/c1-19(9-11-5-7-12(16)8-6-11)22(20,21)10-13-14(17)3-2-4-15(13)18/h2-8H,9-10H2,1H3. The molecule has 0 atom stereocenters. The van der Waals surface area contributed by atoms with Gasteiger partial charge in [0, 0.05) is 29.2 Å². The van der Waals surface area contributed by atoms with Crippen molar-refractivity contribution in [1.29, 1.82) is 0 Å². The van der Waals surface area contributed by atoms with Crippen molar-refractivity contribution in [3.05, 3.63) is 69.5 Å². The Balaban J connectivity index is 2.17. The van der Waals surface area contributed by atoms with E-state index in [1.807, 2.05) is 0 Å². The van der Waals surface area contributed by atoms with E-state index < -0.39 is 21.6 Å². The Morgan fingerprint density at radius 1 is 1.09 bits per heavy atom. The second kappa shape index (κ2) is 6.96. The molecule has 0 aliphatic heterocycles. The number of halogens is 3. The summed E-state index contributed by atoms with van der Waals surface area (Å²) in [5, 5.41) is 0.677. The topological polar surface area (TPSA) is 37.4 Å². The van der Waals surface area contributed by atoms with Crippen molar-refractivity contribution in [2.24, 2.45) is 0 Å². The van der Waals surface area contributed by atoms with Crippen molar-refractivity contribution in [1.82, 2.24) is 4.31 Å². The Morgan fingerprint density at radius 3 is 2.32 bits per heavy atom. The average molecular weight is 362 g/mol. The summed E-state index contributed by atoms with van der Waals surface area (Å²) in [6.07, 6.45) is 0. The molecule has 0 amide bonds. The number of benzene rings is 2. The molecule has 0 heterocycles. The Hall–Kier alpha value is -1.14. The van der Waals surface area contributed by atoms with Gasteiger partial charge in [0.15, 0.2) is 0 Å². The minimum Gasteiger partial charge on any atom is -0.212 e. The zero-order valence-electron chi connectivity index (χ0n) is 11.8. The highest BCUT2D eigenvalue weighted by Crippen LogP contribution is 2.23. The van der Waals surface area contributed by atoms with Crippen molar-refractivity contribution in [3.63, 3.8) is 0 Å². The van der Waals surface area contributed by atoms with E-state index in [1.54, 1.807) is 24.3 Å². The number of hydrogen-bond donors (Lipinski definition) is 0. The molecule has 0 saturated heterocycles. The van der Waals surface area contributed by atoms with Crippen LogP contribution in [-0.4, -0.2) is 19.8 Å². The Morgan fingerprint density at radius 2 is 1.73 bits per heavy atom. The van der Waals surface area contributed by atoms with Gasteiger partial charge in [0.25, 0.3) is 0 Å². The van der Waals surface area contributed by atoms with Gasteiger partial charge in [-0.15, -0.1) is 0 Å². The van der Waals surface area contributed by atoms with E-state index in [0.717, 1.165) is 5.56 Å². The highest BCUT2D eigenvalue weighted by atomic mass is 35.5. The van der Waals surface area contributed by atoms with Crippen LogP contribution in [0.4, 0.5) is 4.39 Å². The summed E-state index contributed by atoms with van der Waals surface area (Å²) in [5.74, 6) is -1.11. The van der Waals surface area contributed by atoms with Gasteiger partial charge in [0.2, 0.25) is 10.0 Å². The predicted octanol–water partition coefficient (Wildman–Crippen LogP) is 4.09. The van der Waals surface area contributed by atoms with Crippen molar-refractivity contribution in [3.8, 4) is 0 Å². The third kappa shape index (κ3) is 4.20. The molecule has 0 N–H and O–H groups in total. The lowest BCUT2D eigenvalue weighted by atomic mass is 10.2. The molecule has 0 aliphatic carbocycles. The molecule has 2 rings (SSSR count). The fraction of sp³-hybridized carbons (Fsp3) is 0.200. The molecular formula is C15H14Cl2FNO2S. The fourth-order valence-electron chi connectivity index (χ4n) is 1.91. The van der Waals surface area contributed by atoms with Gasteiger partial charge in [-0.25, -0.2) is 17.1 Å². The van der Waals surface area contributed by atoms with E-state index in [9.17, 15) is 12.8 Å². The van der Waals surface area contributed by atoms with Gasteiger partial charge in [-0.05, 0) is 29.8 Å². The first-order valence-electron chi connectivity index (χ1n) is 6.41. The molecule has 7 heteroatoms. The van der Waals surface area contributed by atoms with E-state index in [4.69, 9.17) is 23.2 Å². The zero-order chi connectivity index (χ0) is 16.3. The second-order valence-corrected chi connectivity index (χ2v) is 7.76. The van der Waals surface area contributed by atoms with Crippen LogP contribution in [0.1, 0.15) is 11.1 Å². The fourth-order valence-corrected chi connectivity index (χ4v) is 3.57. The maximum absolute atomic E-state index is 13.7. The first-order valence-corrected chi connectivity index (χ1v) is 8.77. The maximum atomic E-state index is 13.7. The van der Waals surface area contributed by atoms with Crippen molar-refractivity contribution in [2.75, 3.05) is 7.05 Å². The molecule has 2 aromatic rings. The molecule has 0 fully saturated rings. The number of nitrogens with zero attached hydrogens (tertiary/aromatic N) is 1. The SMILES string of the molecule is CN(Cc1ccc(Cl)cc1)S(=O)(=O)Cc1c(F)cccc1Cl. The summed E-state index contributed by atoms with van der Waals surface area (Å²) in [7, 11) is -2.25. The second-order valence-electron chi connectivity index (χ2n) is 4.84. The van der Waals surface area contributed by atoms with Crippen LogP contribution in [0.5, 0.6) is 0 Å². The minimum absolute atomic E-state index is 0.0212. The molecule has 0 bridgehead atoms. The number of rotatable bonds is 5. The zero-order valence-corrected chi connectivity index (χ0v) is 14.1. The third-order valence-electron chi connectivity index (χ3n) is 3.18.